The maximum absolute atomic E-state index is 9.58. The van der Waals surface area contributed by atoms with Gasteiger partial charge in [0.05, 0.1) is 12.1 Å². The smallest absolute Gasteiger partial charge is 0.0730 e. The summed E-state index contributed by atoms with van der Waals surface area (Å²) in [6, 6.07) is 5.27. The molecule has 0 fully saturated rings. The molecule has 3 heteroatoms. The van der Waals surface area contributed by atoms with Crippen LogP contribution < -0.4 is 5.73 Å². The molecule has 0 spiro atoms. The molecule has 1 rings (SSSR count). The number of hydrogen-bond donors (Lipinski definition) is 2. The zero-order valence-electron chi connectivity index (χ0n) is 8.50. The first-order valence-electron chi connectivity index (χ1n) is 4.76. The van der Waals surface area contributed by atoms with Gasteiger partial charge in [0.2, 0.25) is 0 Å². The summed E-state index contributed by atoms with van der Waals surface area (Å²) in [5.74, 6) is 0. The van der Waals surface area contributed by atoms with Gasteiger partial charge in [0.25, 0.3) is 0 Å². The number of halogens is 1. The minimum Gasteiger partial charge on any atom is -0.391 e. The lowest BCUT2D eigenvalue weighted by atomic mass is 9.99. The Morgan fingerprint density at radius 3 is 2.64 bits per heavy atom. The Hall–Kier alpha value is -0.570. The fourth-order valence-electron chi connectivity index (χ4n) is 1.35. The highest BCUT2D eigenvalue weighted by Crippen LogP contribution is 2.22. The molecule has 0 aliphatic carbocycles. The molecule has 0 heterocycles. The van der Waals surface area contributed by atoms with E-state index in [1.807, 2.05) is 32.0 Å². The molecule has 0 aliphatic rings. The average Bonchev–Trinajstić information content (AvgIpc) is 2.20. The monoisotopic (exact) mass is 213 g/mol. The fourth-order valence-corrected chi connectivity index (χ4v) is 1.47. The van der Waals surface area contributed by atoms with Gasteiger partial charge in [0, 0.05) is 5.02 Å². The van der Waals surface area contributed by atoms with Crippen LogP contribution in [0, 0.1) is 6.92 Å². The van der Waals surface area contributed by atoms with Crippen LogP contribution >= 0.6 is 11.6 Å². The number of aliphatic hydroxyl groups is 1. The number of benzene rings is 1. The minimum absolute atomic E-state index is 0.323. The van der Waals surface area contributed by atoms with Crippen molar-refractivity contribution in [3.63, 3.8) is 0 Å². The standard InChI is InChI=1S/C11H16ClNO/c1-3-10(14)11(13)8-4-5-9(12)7(2)6-8/h4-6,10-11,14H,3,13H2,1-2H3/t10-,11+/m1/s1. The Morgan fingerprint density at radius 1 is 1.50 bits per heavy atom. The van der Waals surface area contributed by atoms with Crippen molar-refractivity contribution in [2.75, 3.05) is 0 Å². The lowest BCUT2D eigenvalue weighted by Gasteiger charge is -2.18. The second-order valence-corrected chi connectivity index (χ2v) is 3.92. The van der Waals surface area contributed by atoms with Crippen LogP contribution in [0.2, 0.25) is 5.02 Å². The van der Waals surface area contributed by atoms with Crippen LogP contribution in [-0.2, 0) is 0 Å². The molecule has 0 saturated carbocycles. The van der Waals surface area contributed by atoms with Gasteiger partial charge in [-0.25, -0.2) is 0 Å². The molecule has 3 N–H and O–H groups in total. The van der Waals surface area contributed by atoms with Crippen molar-refractivity contribution < 1.29 is 5.11 Å². The van der Waals surface area contributed by atoms with Crippen molar-refractivity contribution in [3.8, 4) is 0 Å². The third kappa shape index (κ3) is 2.47. The van der Waals surface area contributed by atoms with Crippen LogP contribution in [-0.4, -0.2) is 11.2 Å². The van der Waals surface area contributed by atoms with E-state index in [0.717, 1.165) is 16.1 Å². The molecule has 2 atom stereocenters. The molecule has 0 aliphatic heterocycles. The highest BCUT2D eigenvalue weighted by Gasteiger charge is 2.15. The molecule has 78 valence electrons. The number of nitrogens with two attached hydrogens (primary N) is 1. The van der Waals surface area contributed by atoms with E-state index in [-0.39, 0.29) is 6.04 Å². The van der Waals surface area contributed by atoms with Gasteiger partial charge >= 0.3 is 0 Å². The topological polar surface area (TPSA) is 46.2 Å². The zero-order valence-corrected chi connectivity index (χ0v) is 9.25. The lowest BCUT2D eigenvalue weighted by molar-refractivity contribution is 0.140. The van der Waals surface area contributed by atoms with Crippen LogP contribution in [0.4, 0.5) is 0 Å². The highest BCUT2D eigenvalue weighted by atomic mass is 35.5. The molecule has 1 aromatic rings. The second-order valence-electron chi connectivity index (χ2n) is 3.51. The van der Waals surface area contributed by atoms with Gasteiger partial charge < -0.3 is 10.8 Å². The third-order valence-corrected chi connectivity index (χ3v) is 2.82. The van der Waals surface area contributed by atoms with E-state index in [2.05, 4.69) is 0 Å². The number of aryl methyl sites for hydroxylation is 1. The van der Waals surface area contributed by atoms with Crippen molar-refractivity contribution >= 4 is 11.6 Å². The van der Waals surface area contributed by atoms with Gasteiger partial charge in [-0.2, -0.15) is 0 Å². The van der Waals surface area contributed by atoms with E-state index < -0.39 is 6.10 Å². The van der Waals surface area contributed by atoms with E-state index in [1.54, 1.807) is 0 Å². The van der Waals surface area contributed by atoms with Crippen molar-refractivity contribution in [1.29, 1.82) is 0 Å². The predicted octanol–water partition coefficient (Wildman–Crippen LogP) is 2.42. The van der Waals surface area contributed by atoms with Gasteiger partial charge in [-0.15, -0.1) is 0 Å². The van der Waals surface area contributed by atoms with Gasteiger partial charge in [0.1, 0.15) is 0 Å². The molecule has 0 bridgehead atoms. The predicted molar refractivity (Wildman–Crippen MR) is 59.4 cm³/mol. The molecule has 0 amide bonds. The van der Waals surface area contributed by atoms with Crippen molar-refractivity contribution in [2.45, 2.75) is 32.4 Å². The first-order valence-corrected chi connectivity index (χ1v) is 5.13. The summed E-state index contributed by atoms with van der Waals surface area (Å²) in [7, 11) is 0. The molecule has 14 heavy (non-hydrogen) atoms. The van der Waals surface area contributed by atoms with Gasteiger partial charge in [-0.1, -0.05) is 30.7 Å². The summed E-state index contributed by atoms with van der Waals surface area (Å²) in [5, 5.41) is 10.3. The van der Waals surface area contributed by atoms with Crippen LogP contribution in [0.15, 0.2) is 18.2 Å². The van der Waals surface area contributed by atoms with Crippen LogP contribution in [0.3, 0.4) is 0 Å². The van der Waals surface area contributed by atoms with Crippen molar-refractivity contribution in [1.82, 2.24) is 0 Å². The molecule has 2 nitrogen and oxygen atoms in total. The largest absolute Gasteiger partial charge is 0.391 e. The Morgan fingerprint density at radius 2 is 2.14 bits per heavy atom. The third-order valence-electron chi connectivity index (χ3n) is 2.40. The molecule has 0 radical (unpaired) electrons. The van der Waals surface area contributed by atoms with E-state index in [1.165, 1.54) is 0 Å². The quantitative estimate of drug-likeness (QED) is 0.810. The van der Waals surface area contributed by atoms with Crippen LogP contribution in [0.5, 0.6) is 0 Å². The maximum Gasteiger partial charge on any atom is 0.0730 e. The SMILES string of the molecule is CC[C@@H](O)[C@@H](N)c1ccc(Cl)c(C)c1. The summed E-state index contributed by atoms with van der Waals surface area (Å²) in [5.41, 5.74) is 7.80. The lowest BCUT2D eigenvalue weighted by Crippen LogP contribution is -2.25. The Bertz CT molecular complexity index is 314. The number of hydrogen-bond acceptors (Lipinski definition) is 2. The molecule has 0 unspecified atom stereocenters. The summed E-state index contributed by atoms with van der Waals surface area (Å²) >= 11 is 5.90. The molecule has 0 saturated heterocycles. The van der Waals surface area contributed by atoms with Crippen molar-refractivity contribution in [2.24, 2.45) is 5.73 Å². The van der Waals surface area contributed by atoms with E-state index in [4.69, 9.17) is 17.3 Å². The molecular weight excluding hydrogens is 198 g/mol. The Labute approximate surface area is 89.7 Å². The first-order chi connectivity index (χ1) is 6.56. The summed E-state index contributed by atoms with van der Waals surface area (Å²) in [4.78, 5) is 0. The number of rotatable bonds is 3. The fraction of sp³-hybridized carbons (Fsp3) is 0.455. The van der Waals surface area contributed by atoms with Gasteiger partial charge in [0.15, 0.2) is 0 Å². The van der Waals surface area contributed by atoms with E-state index in [0.29, 0.717) is 6.42 Å². The summed E-state index contributed by atoms with van der Waals surface area (Å²) in [6.07, 6.45) is 0.165. The average molecular weight is 214 g/mol. The molecular formula is C11H16ClNO. The van der Waals surface area contributed by atoms with Crippen LogP contribution in [0.1, 0.15) is 30.5 Å². The van der Waals surface area contributed by atoms with E-state index >= 15 is 0 Å². The van der Waals surface area contributed by atoms with Gasteiger partial charge in [-0.3, -0.25) is 0 Å². The van der Waals surface area contributed by atoms with Crippen molar-refractivity contribution in [3.05, 3.63) is 34.3 Å². The summed E-state index contributed by atoms with van der Waals surface area (Å²) < 4.78 is 0. The van der Waals surface area contributed by atoms with Crippen LogP contribution in [0.25, 0.3) is 0 Å². The molecule has 0 aromatic heterocycles. The highest BCUT2D eigenvalue weighted by molar-refractivity contribution is 6.31. The first kappa shape index (κ1) is 11.5. The second kappa shape index (κ2) is 4.78. The van der Waals surface area contributed by atoms with Gasteiger partial charge in [-0.05, 0) is 30.5 Å². The maximum atomic E-state index is 9.58. The summed E-state index contributed by atoms with van der Waals surface area (Å²) in [6.45, 7) is 3.84. The minimum atomic E-state index is -0.490. The molecule has 1 aromatic carbocycles. The van der Waals surface area contributed by atoms with E-state index in [9.17, 15) is 5.11 Å². The Kier molecular flexibility index (Phi) is 3.93. The number of aliphatic hydroxyl groups excluding tert-OH is 1. The zero-order chi connectivity index (χ0) is 10.7. The Balaban J connectivity index is 2.91. The normalized spacial score (nSPS) is 15.2.